The Balaban J connectivity index is 1.30. The highest BCUT2D eigenvalue weighted by Gasteiger charge is 2.24. The van der Waals surface area contributed by atoms with Crippen LogP contribution in [0.3, 0.4) is 0 Å². The van der Waals surface area contributed by atoms with Gasteiger partial charge in [0.05, 0.1) is 11.4 Å². The molecule has 10 aromatic rings. The number of fused-ring (bicyclic) bond motifs is 7. The molecule has 2 aromatic heterocycles. The summed E-state index contributed by atoms with van der Waals surface area (Å²) in [5.74, 6) is 0. The van der Waals surface area contributed by atoms with Gasteiger partial charge >= 0.3 is 0 Å². The Morgan fingerprint density at radius 2 is 0.898 bits per heavy atom. The monoisotopic (exact) mass is 627 g/mol. The number of rotatable bonds is 5. The van der Waals surface area contributed by atoms with Crippen LogP contribution in [0.1, 0.15) is 0 Å². The van der Waals surface area contributed by atoms with Crippen molar-refractivity contribution in [2.24, 2.45) is 0 Å². The van der Waals surface area contributed by atoms with Crippen LogP contribution >= 0.6 is 0 Å². The molecule has 0 aliphatic carbocycles. The molecule has 0 atom stereocenters. The standard InChI is InChI=1S/C46H29NO2/c1-3-13-30(14-4-1)33-24-26-40(36-18-8-7-17-35(33)36)47(32-23-28-44-39(29-32)37-19-9-11-21-42(37)48-44)41-27-25-34(31-15-5-2-6-16-31)45-38-20-10-12-22-43(38)49-46(41)45/h1-29H. The average Bonchev–Trinajstić information content (AvgIpc) is 3.75. The van der Waals surface area contributed by atoms with Crippen LogP contribution < -0.4 is 4.90 Å². The summed E-state index contributed by atoms with van der Waals surface area (Å²) in [5, 5.41) is 6.70. The number of hydrogen-bond acceptors (Lipinski definition) is 3. The molecule has 2 heterocycles. The molecule has 0 bridgehead atoms. The molecule has 230 valence electrons. The van der Waals surface area contributed by atoms with Gasteiger partial charge in [0, 0.05) is 32.6 Å². The fraction of sp³-hybridized carbons (Fsp3) is 0. The number of para-hydroxylation sites is 2. The first kappa shape index (κ1) is 27.5. The highest BCUT2D eigenvalue weighted by molar-refractivity contribution is 6.18. The van der Waals surface area contributed by atoms with Crippen LogP contribution in [0.4, 0.5) is 17.1 Å². The third-order valence-electron chi connectivity index (χ3n) is 9.68. The van der Waals surface area contributed by atoms with E-state index >= 15 is 0 Å². The Bertz CT molecular complexity index is 2830. The van der Waals surface area contributed by atoms with Crippen LogP contribution in [0.15, 0.2) is 185 Å². The number of hydrogen-bond donors (Lipinski definition) is 0. The predicted molar refractivity (Wildman–Crippen MR) is 204 cm³/mol. The average molecular weight is 628 g/mol. The van der Waals surface area contributed by atoms with E-state index in [1.54, 1.807) is 0 Å². The fourth-order valence-corrected chi connectivity index (χ4v) is 7.46. The molecule has 3 heteroatoms. The Kier molecular flexibility index (Phi) is 6.18. The summed E-state index contributed by atoms with van der Waals surface area (Å²) < 4.78 is 13.1. The summed E-state index contributed by atoms with van der Waals surface area (Å²) in [6, 6.07) is 62.0. The van der Waals surface area contributed by atoms with Gasteiger partial charge in [-0.2, -0.15) is 0 Å². The molecular formula is C46H29NO2. The summed E-state index contributed by atoms with van der Waals surface area (Å²) in [6.45, 7) is 0. The SMILES string of the molecule is c1ccc(-c2ccc(N(c3ccc4oc5ccccc5c4c3)c3ccc(-c4ccccc4)c4c3oc3ccccc34)c3ccccc23)cc1. The highest BCUT2D eigenvalue weighted by atomic mass is 16.3. The highest BCUT2D eigenvalue weighted by Crippen LogP contribution is 2.48. The molecular weight excluding hydrogens is 599 g/mol. The first-order valence-corrected chi connectivity index (χ1v) is 16.6. The van der Waals surface area contributed by atoms with E-state index < -0.39 is 0 Å². The van der Waals surface area contributed by atoms with Gasteiger partial charge in [0.1, 0.15) is 16.7 Å². The van der Waals surface area contributed by atoms with Gasteiger partial charge in [0.15, 0.2) is 5.58 Å². The van der Waals surface area contributed by atoms with Gasteiger partial charge in [-0.15, -0.1) is 0 Å². The van der Waals surface area contributed by atoms with Crippen molar-refractivity contribution in [2.75, 3.05) is 4.90 Å². The lowest BCUT2D eigenvalue weighted by Crippen LogP contribution is -2.11. The minimum absolute atomic E-state index is 0.843. The van der Waals surface area contributed by atoms with E-state index in [0.29, 0.717) is 0 Å². The third-order valence-corrected chi connectivity index (χ3v) is 9.68. The maximum atomic E-state index is 6.86. The molecule has 0 fully saturated rings. The van der Waals surface area contributed by atoms with Crippen LogP contribution in [-0.4, -0.2) is 0 Å². The Morgan fingerprint density at radius 1 is 0.347 bits per heavy atom. The van der Waals surface area contributed by atoms with Crippen LogP contribution in [-0.2, 0) is 0 Å². The first-order valence-electron chi connectivity index (χ1n) is 16.6. The van der Waals surface area contributed by atoms with Crippen molar-refractivity contribution in [3.63, 3.8) is 0 Å². The molecule has 0 saturated carbocycles. The topological polar surface area (TPSA) is 29.5 Å². The smallest absolute Gasteiger partial charge is 0.160 e. The molecule has 0 unspecified atom stereocenters. The van der Waals surface area contributed by atoms with Crippen molar-refractivity contribution in [1.29, 1.82) is 0 Å². The lowest BCUT2D eigenvalue weighted by atomic mass is 9.95. The van der Waals surface area contributed by atoms with Crippen LogP contribution in [0, 0.1) is 0 Å². The van der Waals surface area contributed by atoms with Gasteiger partial charge in [-0.3, -0.25) is 0 Å². The van der Waals surface area contributed by atoms with E-state index in [0.717, 1.165) is 77.5 Å². The van der Waals surface area contributed by atoms with Crippen molar-refractivity contribution in [2.45, 2.75) is 0 Å². The van der Waals surface area contributed by atoms with Gasteiger partial charge in [-0.1, -0.05) is 133 Å². The summed E-state index contributed by atoms with van der Waals surface area (Å²) in [7, 11) is 0. The Labute approximate surface area is 282 Å². The number of nitrogens with zero attached hydrogens (tertiary/aromatic N) is 1. The molecule has 0 saturated heterocycles. The molecule has 0 radical (unpaired) electrons. The minimum Gasteiger partial charge on any atom is -0.456 e. The Hall–Kier alpha value is -6.58. The van der Waals surface area contributed by atoms with Gasteiger partial charge in [0.25, 0.3) is 0 Å². The minimum atomic E-state index is 0.843. The molecule has 8 aromatic carbocycles. The molecule has 0 N–H and O–H groups in total. The summed E-state index contributed by atoms with van der Waals surface area (Å²) in [4.78, 5) is 2.36. The molecule has 49 heavy (non-hydrogen) atoms. The number of anilines is 3. The van der Waals surface area contributed by atoms with Crippen molar-refractivity contribution < 1.29 is 8.83 Å². The predicted octanol–water partition coefficient (Wildman–Crippen LogP) is 13.4. The number of furan rings is 2. The van der Waals surface area contributed by atoms with Gasteiger partial charge in [0.2, 0.25) is 0 Å². The van der Waals surface area contributed by atoms with Gasteiger partial charge in [-0.25, -0.2) is 0 Å². The molecule has 0 aliphatic heterocycles. The maximum Gasteiger partial charge on any atom is 0.160 e. The zero-order chi connectivity index (χ0) is 32.3. The second-order valence-electron chi connectivity index (χ2n) is 12.5. The van der Waals surface area contributed by atoms with E-state index in [4.69, 9.17) is 8.83 Å². The van der Waals surface area contributed by atoms with Crippen molar-refractivity contribution in [1.82, 2.24) is 0 Å². The van der Waals surface area contributed by atoms with E-state index in [-0.39, 0.29) is 0 Å². The zero-order valence-electron chi connectivity index (χ0n) is 26.5. The lowest BCUT2D eigenvalue weighted by Gasteiger charge is -2.28. The van der Waals surface area contributed by atoms with Crippen LogP contribution in [0.25, 0.3) is 76.9 Å². The van der Waals surface area contributed by atoms with Crippen molar-refractivity contribution in [3.8, 4) is 22.3 Å². The Morgan fingerprint density at radius 3 is 1.65 bits per heavy atom. The molecule has 0 aliphatic rings. The second kappa shape index (κ2) is 11.0. The van der Waals surface area contributed by atoms with Crippen LogP contribution in [0.2, 0.25) is 0 Å². The van der Waals surface area contributed by atoms with Gasteiger partial charge < -0.3 is 13.7 Å². The summed E-state index contributed by atoms with van der Waals surface area (Å²) in [6.07, 6.45) is 0. The van der Waals surface area contributed by atoms with E-state index in [9.17, 15) is 0 Å². The fourth-order valence-electron chi connectivity index (χ4n) is 7.46. The van der Waals surface area contributed by atoms with Crippen molar-refractivity contribution >= 4 is 71.7 Å². The molecule has 0 amide bonds. The van der Waals surface area contributed by atoms with Crippen molar-refractivity contribution in [3.05, 3.63) is 176 Å². The first-order chi connectivity index (χ1) is 24.3. The van der Waals surface area contributed by atoms with Gasteiger partial charge in [-0.05, 0) is 70.1 Å². The van der Waals surface area contributed by atoms with Crippen LogP contribution in [0.5, 0.6) is 0 Å². The lowest BCUT2D eigenvalue weighted by molar-refractivity contribution is 0.669. The molecule has 0 spiro atoms. The summed E-state index contributed by atoms with van der Waals surface area (Å²) >= 11 is 0. The number of benzene rings is 8. The van der Waals surface area contributed by atoms with E-state index in [1.807, 2.05) is 18.2 Å². The second-order valence-corrected chi connectivity index (χ2v) is 12.5. The maximum absolute atomic E-state index is 6.86. The van der Waals surface area contributed by atoms with E-state index in [1.165, 1.54) is 16.5 Å². The molecule has 3 nitrogen and oxygen atoms in total. The molecule has 10 rings (SSSR count). The third kappa shape index (κ3) is 4.37. The zero-order valence-corrected chi connectivity index (χ0v) is 26.5. The normalized spacial score (nSPS) is 11.7. The quantitative estimate of drug-likeness (QED) is 0.190. The van der Waals surface area contributed by atoms with E-state index in [2.05, 4.69) is 163 Å². The summed E-state index contributed by atoms with van der Waals surface area (Å²) in [5.41, 5.74) is 11.2. The largest absolute Gasteiger partial charge is 0.456 e.